The van der Waals surface area contributed by atoms with E-state index >= 15 is 0 Å². The molecular weight excluding hydrogens is 232 g/mol. The lowest BCUT2D eigenvalue weighted by Crippen LogP contribution is -2.49. The lowest BCUT2D eigenvalue weighted by atomic mass is 9.94. The predicted molar refractivity (Wildman–Crippen MR) is 70.7 cm³/mol. The molecule has 0 bridgehead atoms. The van der Waals surface area contributed by atoms with E-state index in [-0.39, 0.29) is 6.03 Å². The Morgan fingerprint density at radius 1 is 1.33 bits per heavy atom. The summed E-state index contributed by atoms with van der Waals surface area (Å²) in [5.41, 5.74) is 0. The topological polar surface area (TPSA) is 50.8 Å². The van der Waals surface area contributed by atoms with E-state index in [9.17, 15) is 4.79 Å². The quantitative estimate of drug-likeness (QED) is 0.734. The molecule has 1 N–H and O–H groups in total. The Labute approximate surface area is 110 Å². The summed E-state index contributed by atoms with van der Waals surface area (Å²) < 4.78 is 10.2. The Hall–Kier alpha value is -0.810. The van der Waals surface area contributed by atoms with Gasteiger partial charge >= 0.3 is 6.03 Å². The maximum atomic E-state index is 11.9. The third-order valence-corrected chi connectivity index (χ3v) is 3.35. The molecule has 1 aliphatic heterocycles. The normalized spacial score (nSPS) is 24.1. The number of hydrogen-bond acceptors (Lipinski definition) is 3. The van der Waals surface area contributed by atoms with Crippen LogP contribution in [0.1, 0.15) is 26.7 Å². The minimum Gasteiger partial charge on any atom is -0.382 e. The molecule has 2 atom stereocenters. The van der Waals surface area contributed by atoms with E-state index in [0.717, 1.165) is 25.3 Å². The van der Waals surface area contributed by atoms with Crippen molar-refractivity contribution in [2.75, 3.05) is 40.0 Å². The van der Waals surface area contributed by atoms with Crippen LogP contribution in [-0.2, 0) is 9.47 Å². The highest BCUT2D eigenvalue weighted by Crippen LogP contribution is 2.21. The van der Waals surface area contributed by atoms with Crippen LogP contribution in [0.3, 0.4) is 0 Å². The molecule has 0 aromatic carbocycles. The number of urea groups is 1. The van der Waals surface area contributed by atoms with Crippen LogP contribution in [0.15, 0.2) is 0 Å². The second-order valence-corrected chi connectivity index (χ2v) is 5.01. The molecule has 2 amide bonds. The Morgan fingerprint density at radius 3 is 2.78 bits per heavy atom. The number of carbonyl (C=O) groups is 1. The molecule has 5 heteroatoms. The lowest BCUT2D eigenvalue weighted by molar-refractivity contribution is 0.0711. The first-order valence-electron chi connectivity index (χ1n) is 6.76. The minimum absolute atomic E-state index is 0.0322. The second-order valence-electron chi connectivity index (χ2n) is 5.01. The van der Waals surface area contributed by atoms with Gasteiger partial charge in [0.05, 0.1) is 19.8 Å². The molecule has 0 aliphatic carbocycles. The van der Waals surface area contributed by atoms with Gasteiger partial charge < -0.3 is 19.7 Å². The number of amides is 2. The number of rotatable bonds is 6. The van der Waals surface area contributed by atoms with E-state index in [0.29, 0.717) is 32.4 Å². The predicted octanol–water partition coefficient (Wildman–Crippen LogP) is 1.48. The van der Waals surface area contributed by atoms with E-state index in [1.54, 1.807) is 7.11 Å². The first-order valence-corrected chi connectivity index (χ1v) is 6.76. The molecule has 1 saturated heterocycles. The number of methoxy groups -OCH3 is 1. The van der Waals surface area contributed by atoms with Crippen molar-refractivity contribution in [2.24, 2.45) is 5.92 Å². The summed E-state index contributed by atoms with van der Waals surface area (Å²) in [6.45, 7) is 7.48. The van der Waals surface area contributed by atoms with E-state index in [4.69, 9.17) is 9.47 Å². The number of carbonyl (C=O) groups excluding carboxylic acids is 1. The largest absolute Gasteiger partial charge is 0.382 e. The molecule has 0 unspecified atom stereocenters. The summed E-state index contributed by atoms with van der Waals surface area (Å²) in [5, 5.41) is 2.90. The highest BCUT2D eigenvalue weighted by molar-refractivity contribution is 5.74. The zero-order chi connectivity index (χ0) is 13.4. The van der Waals surface area contributed by atoms with Gasteiger partial charge in [-0.3, -0.25) is 0 Å². The molecule has 5 nitrogen and oxygen atoms in total. The number of likely N-dealkylation sites (tertiary alicyclic amines) is 1. The van der Waals surface area contributed by atoms with Crippen LogP contribution in [0.2, 0.25) is 0 Å². The molecule has 0 saturated carbocycles. The third-order valence-electron chi connectivity index (χ3n) is 3.35. The number of hydrogen-bond donors (Lipinski definition) is 1. The lowest BCUT2D eigenvalue weighted by Gasteiger charge is -2.36. The van der Waals surface area contributed by atoms with E-state index in [1.807, 2.05) is 4.90 Å². The van der Waals surface area contributed by atoms with Crippen LogP contribution in [0.25, 0.3) is 0 Å². The minimum atomic E-state index is 0.0322. The van der Waals surface area contributed by atoms with Crippen LogP contribution in [-0.4, -0.2) is 57.0 Å². The van der Waals surface area contributed by atoms with Gasteiger partial charge in [-0.1, -0.05) is 6.92 Å². The first-order chi connectivity index (χ1) is 8.65. The fourth-order valence-electron chi connectivity index (χ4n) is 2.28. The third kappa shape index (κ3) is 5.23. The highest BCUT2D eigenvalue weighted by Gasteiger charge is 2.26. The summed E-state index contributed by atoms with van der Waals surface area (Å²) in [7, 11) is 1.64. The van der Waals surface area contributed by atoms with Gasteiger partial charge in [-0.15, -0.1) is 0 Å². The van der Waals surface area contributed by atoms with Gasteiger partial charge in [-0.2, -0.15) is 0 Å². The van der Waals surface area contributed by atoms with Crippen molar-refractivity contribution in [3.63, 3.8) is 0 Å². The smallest absolute Gasteiger partial charge is 0.317 e. The number of ether oxygens (including phenoxy) is 2. The second kappa shape index (κ2) is 8.32. The van der Waals surface area contributed by atoms with E-state index in [1.165, 1.54) is 0 Å². The molecule has 0 radical (unpaired) electrons. The van der Waals surface area contributed by atoms with Crippen molar-refractivity contribution >= 4 is 6.03 Å². The SMILES string of the molecule is COCCOCCNC(=O)N1CC[C@@H](C)C[C@H]1C. The monoisotopic (exact) mass is 258 g/mol. The van der Waals surface area contributed by atoms with Gasteiger partial charge in [0.25, 0.3) is 0 Å². The van der Waals surface area contributed by atoms with Crippen molar-refractivity contribution in [3.8, 4) is 0 Å². The standard InChI is InChI=1S/C13H26N2O3/c1-11-4-6-15(12(2)10-11)13(16)14-5-7-18-9-8-17-3/h11-12H,4-10H2,1-3H3,(H,14,16)/t11-,12-/m1/s1. The summed E-state index contributed by atoms with van der Waals surface area (Å²) in [5.74, 6) is 0.724. The van der Waals surface area contributed by atoms with Crippen LogP contribution >= 0.6 is 0 Å². The zero-order valence-corrected chi connectivity index (χ0v) is 11.8. The van der Waals surface area contributed by atoms with Crippen LogP contribution in [0.4, 0.5) is 4.79 Å². The van der Waals surface area contributed by atoms with Gasteiger partial charge in [-0.25, -0.2) is 4.79 Å². The molecule has 1 rings (SSSR count). The molecule has 1 fully saturated rings. The van der Waals surface area contributed by atoms with Gasteiger partial charge in [0.15, 0.2) is 0 Å². The van der Waals surface area contributed by atoms with Crippen molar-refractivity contribution < 1.29 is 14.3 Å². The summed E-state index contributed by atoms with van der Waals surface area (Å²) in [6.07, 6.45) is 2.19. The van der Waals surface area contributed by atoms with Crippen LogP contribution in [0, 0.1) is 5.92 Å². The molecule has 18 heavy (non-hydrogen) atoms. The van der Waals surface area contributed by atoms with Crippen molar-refractivity contribution in [3.05, 3.63) is 0 Å². The van der Waals surface area contributed by atoms with Gasteiger partial charge in [0, 0.05) is 26.2 Å². The van der Waals surface area contributed by atoms with Gasteiger partial charge in [0.1, 0.15) is 0 Å². The molecule has 0 spiro atoms. The van der Waals surface area contributed by atoms with E-state index < -0.39 is 0 Å². The first kappa shape index (κ1) is 15.2. The number of nitrogens with one attached hydrogen (secondary N) is 1. The summed E-state index contributed by atoms with van der Waals surface area (Å²) in [6, 6.07) is 0.368. The Kier molecular flexibility index (Phi) is 7.05. The molecule has 0 aromatic heterocycles. The molecule has 106 valence electrons. The Morgan fingerprint density at radius 2 is 2.11 bits per heavy atom. The molecule has 0 aromatic rings. The van der Waals surface area contributed by atoms with Crippen molar-refractivity contribution in [2.45, 2.75) is 32.7 Å². The summed E-state index contributed by atoms with van der Waals surface area (Å²) in [4.78, 5) is 13.9. The van der Waals surface area contributed by atoms with Crippen molar-refractivity contribution in [1.29, 1.82) is 0 Å². The molecule has 1 aliphatic rings. The molecule has 1 heterocycles. The van der Waals surface area contributed by atoms with Crippen LogP contribution in [0.5, 0.6) is 0 Å². The Bertz CT molecular complexity index is 248. The fraction of sp³-hybridized carbons (Fsp3) is 0.923. The average molecular weight is 258 g/mol. The van der Waals surface area contributed by atoms with Crippen LogP contribution < -0.4 is 5.32 Å². The Balaban J connectivity index is 2.12. The maximum Gasteiger partial charge on any atom is 0.317 e. The average Bonchev–Trinajstić information content (AvgIpc) is 2.33. The van der Waals surface area contributed by atoms with Gasteiger partial charge in [-0.05, 0) is 25.7 Å². The fourth-order valence-corrected chi connectivity index (χ4v) is 2.28. The molecular formula is C13H26N2O3. The van der Waals surface area contributed by atoms with Gasteiger partial charge in [0.2, 0.25) is 0 Å². The number of piperidine rings is 1. The maximum absolute atomic E-state index is 11.9. The zero-order valence-electron chi connectivity index (χ0n) is 11.8. The number of nitrogens with zero attached hydrogens (tertiary/aromatic N) is 1. The highest BCUT2D eigenvalue weighted by atomic mass is 16.5. The van der Waals surface area contributed by atoms with Crippen molar-refractivity contribution in [1.82, 2.24) is 10.2 Å². The van der Waals surface area contributed by atoms with E-state index in [2.05, 4.69) is 19.2 Å². The summed E-state index contributed by atoms with van der Waals surface area (Å²) >= 11 is 0.